The number of methoxy groups -OCH3 is 1. The zero-order valence-corrected chi connectivity index (χ0v) is 17.8. The Labute approximate surface area is 169 Å². The highest BCUT2D eigenvalue weighted by atomic mass is 16.5. The van der Waals surface area contributed by atoms with E-state index in [1.807, 2.05) is 25.1 Å². The summed E-state index contributed by atoms with van der Waals surface area (Å²) in [6, 6.07) is 10.1. The van der Waals surface area contributed by atoms with Gasteiger partial charge in [0, 0.05) is 11.8 Å². The van der Waals surface area contributed by atoms with Crippen molar-refractivity contribution in [2.75, 3.05) is 13.7 Å². The minimum absolute atomic E-state index is 0.0857. The van der Waals surface area contributed by atoms with Crippen LogP contribution < -0.4 is 0 Å². The third-order valence-corrected chi connectivity index (χ3v) is 6.07. The second-order valence-electron chi connectivity index (χ2n) is 8.33. The van der Waals surface area contributed by atoms with Gasteiger partial charge in [0.1, 0.15) is 0 Å². The Kier molecular flexibility index (Phi) is 8.93. The first-order valence-electron chi connectivity index (χ1n) is 10.4. The van der Waals surface area contributed by atoms with Gasteiger partial charge in [-0.2, -0.15) is 0 Å². The Morgan fingerprint density at radius 1 is 1.21 bits per heavy atom. The summed E-state index contributed by atoms with van der Waals surface area (Å²) in [4.78, 5) is 11.8. The fraction of sp³-hybridized carbons (Fsp3) is 0.696. The van der Waals surface area contributed by atoms with E-state index in [9.17, 15) is 9.90 Å². The summed E-state index contributed by atoms with van der Waals surface area (Å²) in [6.07, 6.45) is 1.26. The second kappa shape index (κ2) is 10.9. The number of benzene rings is 1. The van der Waals surface area contributed by atoms with Crippen LogP contribution in [0.3, 0.4) is 0 Å². The summed E-state index contributed by atoms with van der Waals surface area (Å²) < 4.78 is 17.1. The van der Waals surface area contributed by atoms with Gasteiger partial charge in [-0.05, 0) is 31.2 Å². The van der Waals surface area contributed by atoms with Crippen molar-refractivity contribution in [3.05, 3.63) is 35.9 Å². The van der Waals surface area contributed by atoms with Crippen LogP contribution in [0.2, 0.25) is 0 Å². The predicted molar refractivity (Wildman–Crippen MR) is 109 cm³/mol. The number of ether oxygens (including phenoxy) is 3. The molecule has 0 aromatic heterocycles. The molecule has 158 valence electrons. The maximum atomic E-state index is 11.8. The summed E-state index contributed by atoms with van der Waals surface area (Å²) in [6.45, 7) is 9.21. The van der Waals surface area contributed by atoms with Gasteiger partial charge in [-0.1, -0.05) is 51.1 Å². The quantitative estimate of drug-likeness (QED) is 0.647. The number of carbonyl (C=O) groups excluding carboxylic acids is 1. The topological polar surface area (TPSA) is 65.0 Å². The third kappa shape index (κ3) is 6.03. The van der Waals surface area contributed by atoms with E-state index in [0.29, 0.717) is 19.1 Å². The molecular formula is C23H36O5. The number of hydrogen-bond acceptors (Lipinski definition) is 5. The zero-order valence-electron chi connectivity index (χ0n) is 17.8. The van der Waals surface area contributed by atoms with E-state index in [1.165, 1.54) is 12.7 Å². The van der Waals surface area contributed by atoms with Crippen LogP contribution in [0.15, 0.2) is 30.3 Å². The molecule has 5 nitrogen and oxygen atoms in total. The van der Waals surface area contributed by atoms with Crippen LogP contribution in [0.5, 0.6) is 0 Å². The standard InChI is InChI=1S/C23H36O5/c1-15-11-12-20(16(2)13-27-14-19-9-7-6-8-10-19)28-22(15)17(3)21(24)18(4)23(25)26-5/h6-10,15-18,20-22,24H,11-14H2,1-5H3/t15-,16+,17-,18+,20-,21+,22-/m0/s1. The monoisotopic (exact) mass is 392 g/mol. The Balaban J connectivity index is 1.88. The first-order chi connectivity index (χ1) is 13.3. The molecule has 1 aliphatic heterocycles. The molecule has 1 heterocycles. The predicted octanol–water partition coefficient (Wildman–Crippen LogP) is 3.83. The molecule has 0 bridgehead atoms. The van der Waals surface area contributed by atoms with Crippen molar-refractivity contribution in [3.63, 3.8) is 0 Å². The molecule has 7 atom stereocenters. The molecule has 0 unspecified atom stereocenters. The molecule has 5 heteroatoms. The average molecular weight is 393 g/mol. The van der Waals surface area contributed by atoms with Gasteiger partial charge < -0.3 is 19.3 Å². The van der Waals surface area contributed by atoms with E-state index in [-0.39, 0.29) is 30.0 Å². The molecule has 0 spiro atoms. The molecule has 1 aromatic rings. The molecule has 0 radical (unpaired) electrons. The van der Waals surface area contributed by atoms with Gasteiger partial charge in [-0.15, -0.1) is 0 Å². The summed E-state index contributed by atoms with van der Waals surface area (Å²) in [7, 11) is 1.35. The first-order valence-corrected chi connectivity index (χ1v) is 10.4. The second-order valence-corrected chi connectivity index (χ2v) is 8.33. The SMILES string of the molecule is COC(=O)[C@H](C)[C@H](O)[C@H](C)[C@H]1O[C@H]([C@H](C)COCc2ccccc2)CC[C@@H]1C. The lowest BCUT2D eigenvalue weighted by atomic mass is 9.79. The summed E-state index contributed by atoms with van der Waals surface area (Å²) in [5.41, 5.74) is 1.17. The smallest absolute Gasteiger partial charge is 0.311 e. The van der Waals surface area contributed by atoms with Crippen molar-refractivity contribution in [2.24, 2.45) is 23.7 Å². The van der Waals surface area contributed by atoms with Gasteiger partial charge in [0.05, 0.1) is 44.6 Å². The lowest BCUT2D eigenvalue weighted by Crippen LogP contribution is -2.47. The number of esters is 1. The van der Waals surface area contributed by atoms with Crippen LogP contribution in [0, 0.1) is 23.7 Å². The van der Waals surface area contributed by atoms with Crippen molar-refractivity contribution >= 4 is 5.97 Å². The minimum atomic E-state index is -0.789. The maximum absolute atomic E-state index is 11.8. The fourth-order valence-corrected chi connectivity index (χ4v) is 4.08. The Bertz CT molecular complexity index is 590. The minimum Gasteiger partial charge on any atom is -0.469 e. The van der Waals surface area contributed by atoms with E-state index in [0.717, 1.165) is 12.8 Å². The highest BCUT2D eigenvalue weighted by Gasteiger charge is 2.39. The molecule has 1 saturated heterocycles. The molecule has 1 aliphatic rings. The van der Waals surface area contributed by atoms with Crippen LogP contribution in [0.1, 0.15) is 46.1 Å². The highest BCUT2D eigenvalue weighted by Crippen LogP contribution is 2.35. The Hall–Kier alpha value is -1.43. The van der Waals surface area contributed by atoms with Crippen LogP contribution in [0.4, 0.5) is 0 Å². The zero-order chi connectivity index (χ0) is 20.7. The van der Waals surface area contributed by atoms with E-state index < -0.39 is 12.0 Å². The number of hydrogen-bond donors (Lipinski definition) is 1. The fourth-order valence-electron chi connectivity index (χ4n) is 4.08. The summed E-state index contributed by atoms with van der Waals surface area (Å²) >= 11 is 0. The number of aliphatic hydroxyl groups is 1. The van der Waals surface area contributed by atoms with Crippen molar-refractivity contribution in [1.82, 2.24) is 0 Å². The van der Waals surface area contributed by atoms with E-state index in [1.54, 1.807) is 6.92 Å². The average Bonchev–Trinajstić information content (AvgIpc) is 2.72. The van der Waals surface area contributed by atoms with Crippen molar-refractivity contribution in [1.29, 1.82) is 0 Å². The van der Waals surface area contributed by atoms with Gasteiger partial charge in [0.2, 0.25) is 0 Å². The van der Waals surface area contributed by atoms with Gasteiger partial charge >= 0.3 is 5.97 Å². The molecule has 0 aliphatic carbocycles. The van der Waals surface area contributed by atoms with Gasteiger partial charge in [0.15, 0.2) is 0 Å². The van der Waals surface area contributed by atoms with E-state index in [2.05, 4.69) is 26.0 Å². The molecule has 28 heavy (non-hydrogen) atoms. The molecule has 1 fully saturated rings. The molecule has 2 rings (SSSR count). The third-order valence-electron chi connectivity index (χ3n) is 6.07. The summed E-state index contributed by atoms with van der Waals surface area (Å²) in [5.74, 6) is -0.501. The molecule has 0 amide bonds. The number of carbonyl (C=O) groups is 1. The highest BCUT2D eigenvalue weighted by molar-refractivity contribution is 5.72. The Morgan fingerprint density at radius 2 is 1.89 bits per heavy atom. The Morgan fingerprint density at radius 3 is 2.54 bits per heavy atom. The van der Waals surface area contributed by atoms with E-state index in [4.69, 9.17) is 14.2 Å². The lowest BCUT2D eigenvalue weighted by molar-refractivity contribution is -0.163. The van der Waals surface area contributed by atoms with Crippen LogP contribution >= 0.6 is 0 Å². The van der Waals surface area contributed by atoms with Gasteiger partial charge in [-0.3, -0.25) is 4.79 Å². The maximum Gasteiger partial charge on any atom is 0.311 e. The van der Waals surface area contributed by atoms with E-state index >= 15 is 0 Å². The van der Waals surface area contributed by atoms with Gasteiger partial charge in [0.25, 0.3) is 0 Å². The van der Waals surface area contributed by atoms with Crippen molar-refractivity contribution < 1.29 is 24.1 Å². The molecule has 1 aromatic carbocycles. The van der Waals surface area contributed by atoms with Crippen molar-refractivity contribution in [2.45, 2.75) is 65.5 Å². The number of rotatable bonds is 9. The first kappa shape index (κ1) is 22.9. The van der Waals surface area contributed by atoms with Crippen LogP contribution in [-0.2, 0) is 25.6 Å². The van der Waals surface area contributed by atoms with Crippen LogP contribution in [-0.4, -0.2) is 43.1 Å². The normalized spacial score (nSPS) is 26.9. The largest absolute Gasteiger partial charge is 0.469 e. The number of aliphatic hydroxyl groups excluding tert-OH is 1. The molecule has 1 N–H and O–H groups in total. The molecular weight excluding hydrogens is 356 g/mol. The lowest BCUT2D eigenvalue weighted by Gasteiger charge is -2.42. The van der Waals surface area contributed by atoms with Gasteiger partial charge in [-0.25, -0.2) is 0 Å². The molecule has 0 saturated carbocycles. The summed E-state index contributed by atoms with van der Waals surface area (Å²) in [5, 5.41) is 10.6. The van der Waals surface area contributed by atoms with Crippen molar-refractivity contribution in [3.8, 4) is 0 Å². The van der Waals surface area contributed by atoms with Crippen LogP contribution in [0.25, 0.3) is 0 Å².